The summed E-state index contributed by atoms with van der Waals surface area (Å²) < 4.78 is 85.6. The van der Waals surface area contributed by atoms with E-state index in [1.807, 2.05) is 50.3 Å². The topological polar surface area (TPSA) is 350 Å². The lowest BCUT2D eigenvalue weighted by atomic mass is 9.83. The average Bonchev–Trinajstić information content (AvgIpc) is 3.13. The Kier molecular flexibility index (Phi) is 19.7. The van der Waals surface area contributed by atoms with Crippen molar-refractivity contribution in [3.8, 4) is 22.6 Å². The van der Waals surface area contributed by atoms with Gasteiger partial charge in [0.15, 0.2) is 23.2 Å². The highest BCUT2D eigenvalue weighted by atomic mass is 32.2. The molecule has 0 bridgehead atoms. The minimum atomic E-state index is -5.26. The Labute approximate surface area is 475 Å². The van der Waals surface area contributed by atoms with Crippen molar-refractivity contribution in [1.82, 2.24) is 29.4 Å². The van der Waals surface area contributed by atoms with Crippen LogP contribution in [0.1, 0.15) is 102 Å². The fourth-order valence-corrected chi connectivity index (χ4v) is 12.0. The van der Waals surface area contributed by atoms with Crippen molar-refractivity contribution >= 4 is 66.4 Å². The molecule has 24 nitrogen and oxygen atoms in total. The summed E-state index contributed by atoms with van der Waals surface area (Å²) in [6.07, 6.45) is 5.90. The lowest BCUT2D eigenvalue weighted by Crippen LogP contribution is -2.35. The number of aromatic nitrogens is 4. The van der Waals surface area contributed by atoms with E-state index < -0.39 is 62.3 Å². The fourth-order valence-electron chi connectivity index (χ4n) is 10.6. The van der Waals surface area contributed by atoms with E-state index in [0.717, 1.165) is 101 Å². The Morgan fingerprint density at radius 1 is 0.939 bits per heavy atom. The van der Waals surface area contributed by atoms with Crippen molar-refractivity contribution in [2.24, 2.45) is 0 Å². The molecule has 442 valence electrons. The summed E-state index contributed by atoms with van der Waals surface area (Å²) in [6.45, 7) is 12.6. The molecule has 0 unspecified atom stereocenters. The third kappa shape index (κ3) is 14.6. The molecule has 9 N–H and O–H groups in total. The predicted octanol–water partition coefficient (Wildman–Crippen LogP) is 6.69. The van der Waals surface area contributed by atoms with Crippen LogP contribution >= 0.6 is 15.6 Å². The van der Waals surface area contributed by atoms with E-state index in [2.05, 4.69) is 90.7 Å². The van der Waals surface area contributed by atoms with Crippen LogP contribution in [0.25, 0.3) is 39.9 Å². The summed E-state index contributed by atoms with van der Waals surface area (Å²) in [5, 5.41) is 18.2. The second-order valence-corrected chi connectivity index (χ2v) is 24.5. The molecule has 0 radical (unpaired) electrons. The van der Waals surface area contributed by atoms with Gasteiger partial charge in [0.25, 0.3) is 0 Å². The van der Waals surface area contributed by atoms with Crippen LogP contribution in [-0.4, -0.2) is 121 Å². The maximum absolute atomic E-state index is 13.0. The quantitative estimate of drug-likeness (QED) is 0.0121. The molecule has 0 saturated carbocycles. The van der Waals surface area contributed by atoms with Crippen molar-refractivity contribution in [3.63, 3.8) is 0 Å². The number of imidazole rings is 1. The van der Waals surface area contributed by atoms with E-state index in [-0.39, 0.29) is 33.7 Å². The van der Waals surface area contributed by atoms with Crippen molar-refractivity contribution in [2.45, 2.75) is 121 Å². The van der Waals surface area contributed by atoms with Gasteiger partial charge in [0.1, 0.15) is 59.4 Å². The summed E-state index contributed by atoms with van der Waals surface area (Å²) >= 11 is 0. The largest absolute Gasteiger partial charge is 0.744 e. The highest BCUT2D eigenvalue weighted by molar-refractivity contribution is 7.85. The molecule has 1 saturated heterocycles. The highest BCUT2D eigenvalue weighted by Gasteiger charge is 2.50. The van der Waals surface area contributed by atoms with E-state index in [9.17, 15) is 51.6 Å². The number of ether oxygens (including phenoxy) is 1. The Bertz CT molecular complexity index is 3580. The van der Waals surface area contributed by atoms with Crippen LogP contribution in [0.3, 0.4) is 0 Å². The Morgan fingerprint density at radius 3 is 2.35 bits per heavy atom. The first-order valence-corrected chi connectivity index (χ1v) is 31.6. The first-order valence-electron chi connectivity index (χ1n) is 27.1. The second-order valence-electron chi connectivity index (χ2n) is 20.7. The number of phosphoric acid groups is 2. The van der Waals surface area contributed by atoms with E-state index in [0.29, 0.717) is 45.3 Å². The number of aliphatic hydroxyl groups excluding tert-OH is 1. The van der Waals surface area contributed by atoms with Crippen molar-refractivity contribution in [1.29, 1.82) is 0 Å². The molecular formula is C55H71N9O15P2S. The number of aliphatic hydroxyl groups is 1. The second kappa shape index (κ2) is 26.2. The average molecular weight is 1190 g/mol. The molecule has 4 atom stereocenters. The maximum atomic E-state index is 13.0. The van der Waals surface area contributed by atoms with Crippen LogP contribution in [0.15, 0.2) is 100 Å². The zero-order valence-electron chi connectivity index (χ0n) is 46.3. The molecule has 82 heavy (non-hydrogen) atoms. The number of nitrogen functional groups attached to an aromatic ring is 1. The first-order chi connectivity index (χ1) is 38.9. The van der Waals surface area contributed by atoms with E-state index >= 15 is 0 Å². The van der Waals surface area contributed by atoms with Crippen LogP contribution in [0.4, 0.5) is 17.5 Å². The number of carbonyl (C=O) groups excluding carboxylic acids is 1. The number of hydrogen-bond donors (Lipinski definition) is 8. The van der Waals surface area contributed by atoms with Crippen molar-refractivity contribution < 1.29 is 69.8 Å². The SMILES string of the molecule is CC[N+](CC)=c1ccc2c(/C=C/C=C3/N(CCCCCC(=O)NCCCCCCNc4nc5c(N)ncnc5n4[C@@H]4O[C@H](COP(=O)(O)O)[C@@H](O)[C@H]4OP(=O)(O)O)c4ccc(S(=O)(=O)[O-])cc4C3(C)C)c(C)c(-c3ccccc3)oc-2c1. The van der Waals surface area contributed by atoms with Gasteiger partial charge in [-0.25, -0.2) is 37.1 Å². The number of carbonyl (C=O) groups is 1. The van der Waals surface area contributed by atoms with Crippen molar-refractivity contribution in [2.75, 3.05) is 55.3 Å². The van der Waals surface area contributed by atoms with Gasteiger partial charge in [0.05, 0.1) is 17.6 Å². The van der Waals surface area contributed by atoms with Crippen LogP contribution in [0.5, 0.6) is 0 Å². The minimum Gasteiger partial charge on any atom is -0.744 e. The smallest absolute Gasteiger partial charge is 0.470 e. The number of fused-ring (bicyclic) bond motifs is 3. The molecular weight excluding hydrogens is 1120 g/mol. The van der Waals surface area contributed by atoms with Gasteiger partial charge in [-0.2, -0.15) is 0 Å². The number of phosphoric ester groups is 2. The number of nitrogens with two attached hydrogens (primary N) is 1. The van der Waals surface area contributed by atoms with Gasteiger partial charge in [0.2, 0.25) is 17.2 Å². The molecule has 4 aromatic rings. The lowest BCUT2D eigenvalue weighted by Gasteiger charge is -2.27. The monoisotopic (exact) mass is 1190 g/mol. The van der Waals surface area contributed by atoms with Crippen molar-refractivity contribution in [3.05, 3.63) is 113 Å². The predicted molar refractivity (Wildman–Crippen MR) is 307 cm³/mol. The third-order valence-corrected chi connectivity index (χ3v) is 16.6. The number of unbranched alkanes of at least 4 members (excludes halogenated alkanes) is 5. The summed E-state index contributed by atoms with van der Waals surface area (Å²) in [6, 6.07) is 20.9. The van der Waals surface area contributed by atoms with Crippen LogP contribution in [0, 0.1) is 6.92 Å². The number of amides is 1. The third-order valence-electron chi connectivity index (χ3n) is 14.8. The molecule has 8 rings (SSSR count). The number of anilines is 3. The molecule has 1 amide bonds. The normalized spacial score (nSPS) is 18.8. The van der Waals surface area contributed by atoms with Crippen LogP contribution in [0.2, 0.25) is 0 Å². The van der Waals surface area contributed by atoms with Crippen LogP contribution < -0.4 is 31.2 Å². The van der Waals surface area contributed by atoms with Gasteiger partial charge in [-0.3, -0.25) is 18.4 Å². The summed E-state index contributed by atoms with van der Waals surface area (Å²) in [7, 11) is -15.0. The van der Waals surface area contributed by atoms with Gasteiger partial charge in [-0.15, -0.1) is 0 Å². The highest BCUT2D eigenvalue weighted by Crippen LogP contribution is 2.50. The number of allylic oxidation sites excluding steroid dienone is 3. The van der Waals surface area contributed by atoms with Gasteiger partial charge < -0.3 is 59.7 Å². The van der Waals surface area contributed by atoms with Gasteiger partial charge in [0, 0.05) is 65.6 Å². The van der Waals surface area contributed by atoms with Gasteiger partial charge >= 0.3 is 15.6 Å². The summed E-state index contributed by atoms with van der Waals surface area (Å²) in [5.74, 6) is 1.49. The molecule has 1 fully saturated rings. The fraction of sp³-hybridized carbons (Fsp3) is 0.436. The molecule has 1 aliphatic carbocycles. The van der Waals surface area contributed by atoms with Crippen LogP contribution in [-0.2, 0) is 43.2 Å². The zero-order chi connectivity index (χ0) is 59.1. The summed E-state index contributed by atoms with van der Waals surface area (Å²) in [5.41, 5.74) is 11.9. The number of hydrogen-bond acceptors (Lipinski definition) is 17. The molecule has 2 aromatic carbocycles. The Morgan fingerprint density at radius 2 is 1.66 bits per heavy atom. The molecule has 5 heterocycles. The molecule has 27 heteroatoms. The van der Waals surface area contributed by atoms with E-state index in [1.54, 1.807) is 6.07 Å². The first kappa shape index (κ1) is 61.9. The molecule has 4 aliphatic rings. The number of benzene rings is 3. The standard InChI is InChI=1S/C55H71N9O15P2S/c1-6-62(7-2)37-24-26-40-39(35(3)49(77-43(40)31-37)36-19-12-10-13-20-36)21-18-22-45-55(4,5)41-32-38(82(73,74)75)25-27-42(41)63(45)30-17-11-14-23-46(65)57-28-15-8-9-16-29-58-54-61-47-51(56)59-34-60-52(47)64(54)53-50(79-81(70,71)72)48(66)44(78-53)33-76-80(67,68)69/h10,12-13,18-22,24-27,31-32,34,44,48,50,53,66H,6-9,11,14-17,23,28-30,33H2,1-5H3,(H8-,56,57,58,59,60,61,65,67,68,69,70,71,72,73,74,75)/t44-,48-,50-,53-/m1/s1. The van der Waals surface area contributed by atoms with Gasteiger partial charge in [-0.05, 0) is 87.9 Å². The Hall–Kier alpha value is -6.18. The maximum Gasteiger partial charge on any atom is 0.470 e. The Balaban J connectivity index is 0.859. The molecule has 3 aliphatic heterocycles. The molecule has 0 spiro atoms. The van der Waals surface area contributed by atoms with E-state index in [1.165, 1.54) is 16.7 Å². The lowest BCUT2D eigenvalue weighted by molar-refractivity contribution is -0.121. The van der Waals surface area contributed by atoms with Gasteiger partial charge in [-0.1, -0.05) is 75.6 Å². The molecule has 2 aromatic heterocycles. The summed E-state index contributed by atoms with van der Waals surface area (Å²) in [4.78, 5) is 65.3. The zero-order valence-corrected chi connectivity index (χ0v) is 48.9. The number of nitrogens with one attached hydrogen (secondary N) is 2. The van der Waals surface area contributed by atoms with E-state index in [4.69, 9.17) is 19.4 Å². The number of rotatable bonds is 26. The number of nitrogens with zero attached hydrogens (tertiary/aromatic N) is 6. The minimum absolute atomic E-state index is 0.0300.